The number of nitrogens with two attached hydrogens (primary N) is 1. The number of rotatable bonds is 4. The minimum Gasteiger partial charge on any atom is -0.492 e. The summed E-state index contributed by atoms with van der Waals surface area (Å²) >= 11 is 5.93. The SMILES string of the molecule is NC(=O)c1c(Cl)cccc1OCC1CCNC1. The van der Waals surface area contributed by atoms with Gasteiger partial charge in [-0.05, 0) is 25.1 Å². The molecule has 17 heavy (non-hydrogen) atoms. The number of hydrogen-bond donors (Lipinski definition) is 2. The van der Waals surface area contributed by atoms with Crippen LogP contribution in [0.2, 0.25) is 5.02 Å². The Morgan fingerprint density at radius 2 is 2.41 bits per heavy atom. The molecule has 1 aliphatic rings. The van der Waals surface area contributed by atoms with E-state index in [1.165, 1.54) is 0 Å². The first-order chi connectivity index (χ1) is 8.18. The second kappa shape index (κ2) is 5.38. The summed E-state index contributed by atoms with van der Waals surface area (Å²) in [6, 6.07) is 5.09. The molecule has 1 amide bonds. The molecule has 1 aromatic rings. The van der Waals surface area contributed by atoms with Crippen LogP contribution in [-0.2, 0) is 0 Å². The van der Waals surface area contributed by atoms with E-state index in [2.05, 4.69) is 5.32 Å². The van der Waals surface area contributed by atoms with Crippen molar-refractivity contribution < 1.29 is 9.53 Å². The van der Waals surface area contributed by atoms with Crippen LogP contribution in [0.3, 0.4) is 0 Å². The molecule has 4 nitrogen and oxygen atoms in total. The predicted molar refractivity (Wildman–Crippen MR) is 66.4 cm³/mol. The van der Waals surface area contributed by atoms with Gasteiger partial charge in [-0.2, -0.15) is 0 Å². The standard InChI is InChI=1S/C12H15ClN2O2/c13-9-2-1-3-10(11(9)12(14)16)17-7-8-4-5-15-6-8/h1-3,8,15H,4-7H2,(H2,14,16). The molecular formula is C12H15ClN2O2. The third kappa shape index (κ3) is 2.90. The molecule has 92 valence electrons. The average molecular weight is 255 g/mol. The fraction of sp³-hybridized carbons (Fsp3) is 0.417. The Bertz CT molecular complexity index is 417. The maximum Gasteiger partial charge on any atom is 0.253 e. The van der Waals surface area contributed by atoms with Crippen LogP contribution in [-0.4, -0.2) is 25.6 Å². The normalized spacial score (nSPS) is 19.2. The lowest BCUT2D eigenvalue weighted by molar-refractivity contribution is 0.0995. The Hall–Kier alpha value is -1.26. The quantitative estimate of drug-likeness (QED) is 0.854. The molecule has 1 aliphatic heterocycles. The molecule has 0 bridgehead atoms. The van der Waals surface area contributed by atoms with Crippen LogP contribution in [0.4, 0.5) is 0 Å². The Kier molecular flexibility index (Phi) is 3.86. The minimum absolute atomic E-state index is 0.264. The van der Waals surface area contributed by atoms with Crippen LogP contribution < -0.4 is 15.8 Å². The molecule has 0 spiro atoms. The van der Waals surface area contributed by atoms with Gasteiger partial charge in [0, 0.05) is 12.5 Å². The van der Waals surface area contributed by atoms with E-state index >= 15 is 0 Å². The monoisotopic (exact) mass is 254 g/mol. The van der Waals surface area contributed by atoms with Crippen molar-refractivity contribution in [1.29, 1.82) is 0 Å². The predicted octanol–water partition coefficient (Wildman–Crippen LogP) is 1.43. The molecule has 2 rings (SSSR count). The molecule has 1 atom stereocenters. The summed E-state index contributed by atoms with van der Waals surface area (Å²) in [5, 5.41) is 3.59. The van der Waals surface area contributed by atoms with Gasteiger partial charge in [0.05, 0.1) is 17.2 Å². The molecule has 1 fully saturated rings. The van der Waals surface area contributed by atoms with Gasteiger partial charge < -0.3 is 15.8 Å². The summed E-state index contributed by atoms with van der Waals surface area (Å²) in [6.07, 6.45) is 1.09. The van der Waals surface area contributed by atoms with Gasteiger partial charge in [0.25, 0.3) is 5.91 Å². The first-order valence-electron chi connectivity index (χ1n) is 5.60. The van der Waals surface area contributed by atoms with Gasteiger partial charge in [-0.3, -0.25) is 4.79 Å². The lowest BCUT2D eigenvalue weighted by atomic mass is 10.1. The number of nitrogens with one attached hydrogen (secondary N) is 1. The van der Waals surface area contributed by atoms with Gasteiger partial charge in [-0.1, -0.05) is 17.7 Å². The van der Waals surface area contributed by atoms with Crippen molar-refractivity contribution in [2.45, 2.75) is 6.42 Å². The lowest BCUT2D eigenvalue weighted by Crippen LogP contribution is -2.18. The van der Waals surface area contributed by atoms with Crippen molar-refractivity contribution in [1.82, 2.24) is 5.32 Å². The molecule has 3 N–H and O–H groups in total. The average Bonchev–Trinajstić information content (AvgIpc) is 2.78. The Morgan fingerprint density at radius 1 is 1.59 bits per heavy atom. The first-order valence-corrected chi connectivity index (χ1v) is 5.98. The fourth-order valence-electron chi connectivity index (χ4n) is 1.93. The van der Waals surface area contributed by atoms with E-state index < -0.39 is 5.91 Å². The first kappa shape index (κ1) is 12.2. The summed E-state index contributed by atoms with van der Waals surface area (Å²) in [6.45, 7) is 2.55. The lowest BCUT2D eigenvalue weighted by Gasteiger charge is -2.13. The van der Waals surface area contributed by atoms with E-state index in [0.29, 0.717) is 23.3 Å². The molecule has 0 aliphatic carbocycles. The van der Waals surface area contributed by atoms with Crippen LogP contribution >= 0.6 is 11.6 Å². The molecule has 5 heteroatoms. The summed E-state index contributed by atoms with van der Waals surface area (Å²) in [7, 11) is 0. The zero-order valence-electron chi connectivity index (χ0n) is 9.41. The molecule has 1 unspecified atom stereocenters. The summed E-state index contributed by atoms with van der Waals surface area (Å²) in [5.74, 6) is 0.391. The van der Waals surface area contributed by atoms with Gasteiger partial charge in [0.15, 0.2) is 0 Å². The van der Waals surface area contributed by atoms with Crippen molar-refractivity contribution in [3.63, 3.8) is 0 Å². The third-order valence-electron chi connectivity index (χ3n) is 2.86. The van der Waals surface area contributed by atoms with Crippen LogP contribution in [0.5, 0.6) is 5.75 Å². The molecular weight excluding hydrogens is 240 g/mol. The van der Waals surface area contributed by atoms with Crippen molar-refractivity contribution in [3.8, 4) is 5.75 Å². The van der Waals surface area contributed by atoms with E-state index in [9.17, 15) is 4.79 Å². The molecule has 1 heterocycles. The molecule has 1 aromatic carbocycles. The molecule has 0 saturated carbocycles. The Morgan fingerprint density at radius 3 is 3.06 bits per heavy atom. The summed E-state index contributed by atoms with van der Waals surface area (Å²) in [5.41, 5.74) is 5.55. The number of carbonyl (C=O) groups excluding carboxylic acids is 1. The summed E-state index contributed by atoms with van der Waals surface area (Å²) < 4.78 is 5.64. The van der Waals surface area contributed by atoms with Gasteiger partial charge in [-0.15, -0.1) is 0 Å². The van der Waals surface area contributed by atoms with E-state index in [1.54, 1.807) is 18.2 Å². The highest BCUT2D eigenvalue weighted by Crippen LogP contribution is 2.26. The second-order valence-electron chi connectivity index (χ2n) is 4.15. The molecule has 0 aromatic heterocycles. The second-order valence-corrected chi connectivity index (χ2v) is 4.55. The number of hydrogen-bond acceptors (Lipinski definition) is 3. The van der Waals surface area contributed by atoms with Gasteiger partial charge in [-0.25, -0.2) is 0 Å². The maximum atomic E-state index is 11.3. The minimum atomic E-state index is -0.560. The van der Waals surface area contributed by atoms with Crippen molar-refractivity contribution >= 4 is 17.5 Å². The fourth-order valence-corrected chi connectivity index (χ4v) is 2.19. The number of carbonyl (C=O) groups is 1. The highest BCUT2D eigenvalue weighted by atomic mass is 35.5. The van der Waals surface area contributed by atoms with Crippen LogP contribution in [0, 0.1) is 5.92 Å². The van der Waals surface area contributed by atoms with E-state index in [1.807, 2.05) is 0 Å². The number of amides is 1. The smallest absolute Gasteiger partial charge is 0.253 e. The number of halogens is 1. The zero-order valence-corrected chi connectivity index (χ0v) is 10.2. The Labute approximate surface area is 105 Å². The van der Waals surface area contributed by atoms with Crippen molar-refractivity contribution in [2.24, 2.45) is 11.7 Å². The molecule has 1 saturated heterocycles. The number of ether oxygens (including phenoxy) is 1. The molecule has 0 radical (unpaired) electrons. The van der Waals surface area contributed by atoms with Crippen LogP contribution in [0.25, 0.3) is 0 Å². The zero-order chi connectivity index (χ0) is 12.3. The van der Waals surface area contributed by atoms with Gasteiger partial charge in [0.2, 0.25) is 0 Å². The van der Waals surface area contributed by atoms with Crippen molar-refractivity contribution in [2.75, 3.05) is 19.7 Å². The number of benzene rings is 1. The maximum absolute atomic E-state index is 11.3. The highest BCUT2D eigenvalue weighted by Gasteiger charge is 2.18. The number of primary amides is 1. The van der Waals surface area contributed by atoms with E-state index in [4.69, 9.17) is 22.1 Å². The third-order valence-corrected chi connectivity index (χ3v) is 3.17. The summed E-state index contributed by atoms with van der Waals surface area (Å²) in [4.78, 5) is 11.3. The van der Waals surface area contributed by atoms with Crippen molar-refractivity contribution in [3.05, 3.63) is 28.8 Å². The van der Waals surface area contributed by atoms with E-state index in [0.717, 1.165) is 19.5 Å². The van der Waals surface area contributed by atoms with E-state index in [-0.39, 0.29) is 5.56 Å². The topological polar surface area (TPSA) is 64.4 Å². The highest BCUT2D eigenvalue weighted by molar-refractivity contribution is 6.34. The van der Waals surface area contributed by atoms with Gasteiger partial charge in [0.1, 0.15) is 5.75 Å². The largest absolute Gasteiger partial charge is 0.492 e. The van der Waals surface area contributed by atoms with Crippen LogP contribution in [0.15, 0.2) is 18.2 Å². The van der Waals surface area contributed by atoms with Crippen LogP contribution in [0.1, 0.15) is 16.8 Å². The van der Waals surface area contributed by atoms with Gasteiger partial charge >= 0.3 is 0 Å². The Balaban J connectivity index is 2.09.